The summed E-state index contributed by atoms with van der Waals surface area (Å²) in [4.78, 5) is 0. The lowest BCUT2D eigenvalue weighted by molar-refractivity contribution is 0.154. The summed E-state index contributed by atoms with van der Waals surface area (Å²) in [6.07, 6.45) is 9.74. The highest BCUT2D eigenvalue weighted by molar-refractivity contribution is 4.60. The second-order valence-electron chi connectivity index (χ2n) is 4.41. The number of aliphatic hydroxyl groups is 1. The molecule has 0 spiro atoms. The zero-order chi connectivity index (χ0) is 10.8. The molecule has 0 rings (SSSR count). The number of hydrogen-bond donors (Lipinski definition) is 1. The molecule has 0 bridgehead atoms. The van der Waals surface area contributed by atoms with E-state index in [4.69, 9.17) is 0 Å². The Morgan fingerprint density at radius 1 is 0.857 bits per heavy atom. The monoisotopic (exact) mass is 200 g/mol. The molecule has 0 amide bonds. The average molecular weight is 200 g/mol. The van der Waals surface area contributed by atoms with Gasteiger partial charge in [0.1, 0.15) is 0 Å². The number of unbranched alkanes of at least 4 members (excludes halogenated alkanes) is 1. The SMILES string of the molecule is CCCCC(CC)CCCC(O)CC. The van der Waals surface area contributed by atoms with E-state index in [0.717, 1.165) is 18.8 Å². The summed E-state index contributed by atoms with van der Waals surface area (Å²) in [5, 5.41) is 9.42. The summed E-state index contributed by atoms with van der Waals surface area (Å²) in [5.74, 6) is 0.902. The van der Waals surface area contributed by atoms with Gasteiger partial charge in [-0.1, -0.05) is 59.3 Å². The fraction of sp³-hybridized carbons (Fsp3) is 1.00. The molecule has 0 saturated heterocycles. The maximum atomic E-state index is 9.42. The van der Waals surface area contributed by atoms with Gasteiger partial charge in [0.05, 0.1) is 6.10 Å². The Bertz CT molecular complexity index is 112. The van der Waals surface area contributed by atoms with Crippen molar-refractivity contribution in [3.05, 3.63) is 0 Å². The lowest BCUT2D eigenvalue weighted by atomic mass is 9.93. The number of hydrogen-bond acceptors (Lipinski definition) is 1. The predicted octanol–water partition coefficient (Wildman–Crippen LogP) is 4.14. The average Bonchev–Trinajstić information content (AvgIpc) is 2.22. The van der Waals surface area contributed by atoms with Crippen LogP contribution in [-0.2, 0) is 0 Å². The maximum absolute atomic E-state index is 9.42. The molecule has 0 radical (unpaired) electrons. The topological polar surface area (TPSA) is 20.2 Å². The summed E-state index contributed by atoms with van der Waals surface area (Å²) in [6.45, 7) is 6.60. The normalized spacial score (nSPS) is 15.4. The summed E-state index contributed by atoms with van der Waals surface area (Å²) < 4.78 is 0. The first-order valence-corrected chi connectivity index (χ1v) is 6.42. The molecule has 0 aromatic rings. The van der Waals surface area contributed by atoms with Gasteiger partial charge < -0.3 is 5.11 Å². The molecule has 0 aliphatic rings. The third-order valence-corrected chi connectivity index (χ3v) is 3.16. The second-order valence-corrected chi connectivity index (χ2v) is 4.41. The van der Waals surface area contributed by atoms with E-state index >= 15 is 0 Å². The second kappa shape index (κ2) is 9.51. The minimum absolute atomic E-state index is 0.0568. The van der Waals surface area contributed by atoms with E-state index in [1.807, 2.05) is 0 Å². The van der Waals surface area contributed by atoms with Gasteiger partial charge in [0.2, 0.25) is 0 Å². The lowest BCUT2D eigenvalue weighted by Crippen LogP contribution is -2.06. The third-order valence-electron chi connectivity index (χ3n) is 3.16. The van der Waals surface area contributed by atoms with E-state index in [9.17, 15) is 5.11 Å². The highest BCUT2D eigenvalue weighted by Gasteiger charge is 2.07. The first-order chi connectivity index (χ1) is 6.74. The minimum atomic E-state index is -0.0568. The molecule has 1 heteroatoms. The summed E-state index contributed by atoms with van der Waals surface area (Å²) in [6, 6.07) is 0. The summed E-state index contributed by atoms with van der Waals surface area (Å²) in [5.41, 5.74) is 0. The summed E-state index contributed by atoms with van der Waals surface area (Å²) >= 11 is 0. The van der Waals surface area contributed by atoms with Crippen LogP contribution >= 0.6 is 0 Å². The van der Waals surface area contributed by atoms with Crippen molar-refractivity contribution in [2.24, 2.45) is 5.92 Å². The fourth-order valence-electron chi connectivity index (χ4n) is 1.89. The van der Waals surface area contributed by atoms with E-state index in [0.29, 0.717) is 0 Å². The van der Waals surface area contributed by atoms with Crippen molar-refractivity contribution in [1.82, 2.24) is 0 Å². The van der Waals surface area contributed by atoms with Gasteiger partial charge in [0, 0.05) is 0 Å². The molecule has 0 aliphatic heterocycles. The van der Waals surface area contributed by atoms with Gasteiger partial charge >= 0.3 is 0 Å². The molecular weight excluding hydrogens is 172 g/mol. The number of rotatable bonds is 9. The van der Waals surface area contributed by atoms with E-state index in [1.165, 1.54) is 38.5 Å². The molecule has 1 N–H and O–H groups in total. The van der Waals surface area contributed by atoms with E-state index in [2.05, 4.69) is 20.8 Å². The Morgan fingerprint density at radius 3 is 2.00 bits per heavy atom. The van der Waals surface area contributed by atoms with Crippen molar-refractivity contribution in [2.75, 3.05) is 0 Å². The molecule has 1 nitrogen and oxygen atoms in total. The molecule has 14 heavy (non-hydrogen) atoms. The van der Waals surface area contributed by atoms with Crippen LogP contribution in [0.5, 0.6) is 0 Å². The Kier molecular flexibility index (Phi) is 9.49. The van der Waals surface area contributed by atoms with E-state index < -0.39 is 0 Å². The summed E-state index contributed by atoms with van der Waals surface area (Å²) in [7, 11) is 0. The molecule has 0 aromatic heterocycles. The molecular formula is C13H28O. The van der Waals surface area contributed by atoms with Crippen LogP contribution in [-0.4, -0.2) is 11.2 Å². The molecule has 0 aromatic carbocycles. The van der Waals surface area contributed by atoms with Gasteiger partial charge in [-0.25, -0.2) is 0 Å². The highest BCUT2D eigenvalue weighted by atomic mass is 16.3. The smallest absolute Gasteiger partial charge is 0.0537 e. The fourth-order valence-corrected chi connectivity index (χ4v) is 1.89. The Morgan fingerprint density at radius 2 is 1.50 bits per heavy atom. The molecule has 0 heterocycles. The molecule has 0 saturated carbocycles. The zero-order valence-electron chi connectivity index (χ0n) is 10.3. The van der Waals surface area contributed by atoms with Gasteiger partial charge in [0.15, 0.2) is 0 Å². The van der Waals surface area contributed by atoms with Crippen LogP contribution in [0.3, 0.4) is 0 Å². The Labute approximate surface area is 89.9 Å². The van der Waals surface area contributed by atoms with Crippen molar-refractivity contribution in [1.29, 1.82) is 0 Å². The van der Waals surface area contributed by atoms with Crippen molar-refractivity contribution in [3.8, 4) is 0 Å². The van der Waals surface area contributed by atoms with Crippen molar-refractivity contribution >= 4 is 0 Å². The van der Waals surface area contributed by atoms with Crippen LogP contribution in [0.1, 0.15) is 72.1 Å². The van der Waals surface area contributed by atoms with Gasteiger partial charge in [-0.3, -0.25) is 0 Å². The van der Waals surface area contributed by atoms with Crippen molar-refractivity contribution in [2.45, 2.75) is 78.2 Å². The third kappa shape index (κ3) is 7.37. The van der Waals surface area contributed by atoms with Crippen molar-refractivity contribution < 1.29 is 5.11 Å². The minimum Gasteiger partial charge on any atom is -0.393 e. The van der Waals surface area contributed by atoms with Crippen LogP contribution in [0.2, 0.25) is 0 Å². The van der Waals surface area contributed by atoms with Crippen LogP contribution in [0.25, 0.3) is 0 Å². The number of aliphatic hydroxyl groups excluding tert-OH is 1. The first-order valence-electron chi connectivity index (χ1n) is 6.42. The van der Waals surface area contributed by atoms with Crippen LogP contribution in [0, 0.1) is 5.92 Å². The maximum Gasteiger partial charge on any atom is 0.0537 e. The van der Waals surface area contributed by atoms with Crippen molar-refractivity contribution in [3.63, 3.8) is 0 Å². The van der Waals surface area contributed by atoms with E-state index in [1.54, 1.807) is 0 Å². The Hall–Kier alpha value is -0.0400. The van der Waals surface area contributed by atoms with Crippen LogP contribution < -0.4 is 0 Å². The molecule has 0 fully saturated rings. The molecule has 2 unspecified atom stereocenters. The van der Waals surface area contributed by atoms with Gasteiger partial charge in [-0.05, 0) is 18.8 Å². The highest BCUT2D eigenvalue weighted by Crippen LogP contribution is 2.20. The van der Waals surface area contributed by atoms with Crippen LogP contribution in [0.4, 0.5) is 0 Å². The van der Waals surface area contributed by atoms with Crippen LogP contribution in [0.15, 0.2) is 0 Å². The zero-order valence-corrected chi connectivity index (χ0v) is 10.3. The Balaban J connectivity index is 3.42. The molecule has 2 atom stereocenters. The molecule has 0 aliphatic carbocycles. The van der Waals surface area contributed by atoms with Gasteiger partial charge in [0.25, 0.3) is 0 Å². The van der Waals surface area contributed by atoms with Gasteiger partial charge in [-0.15, -0.1) is 0 Å². The largest absolute Gasteiger partial charge is 0.393 e. The molecule has 86 valence electrons. The first kappa shape index (κ1) is 14.0. The predicted molar refractivity (Wildman–Crippen MR) is 63.5 cm³/mol. The van der Waals surface area contributed by atoms with E-state index in [-0.39, 0.29) is 6.10 Å². The quantitative estimate of drug-likeness (QED) is 0.593. The lowest BCUT2D eigenvalue weighted by Gasteiger charge is -2.15. The standard InChI is InChI=1S/C13H28O/c1-4-7-9-12(5-2)10-8-11-13(14)6-3/h12-14H,4-11H2,1-3H3. The van der Waals surface area contributed by atoms with Gasteiger partial charge in [-0.2, -0.15) is 0 Å².